The van der Waals surface area contributed by atoms with E-state index in [1.807, 2.05) is 0 Å². The summed E-state index contributed by atoms with van der Waals surface area (Å²) in [5, 5.41) is 12.4. The molecule has 2 amide bonds. The molecule has 0 aromatic heterocycles. The van der Waals surface area contributed by atoms with Gasteiger partial charge in [0, 0.05) is 5.56 Å². The number of carbonyl (C=O) groups is 3. The van der Waals surface area contributed by atoms with Gasteiger partial charge in [-0.15, -0.1) is 0 Å². The molecule has 11 heteroatoms. The number of alkyl halides is 3. The third-order valence-electron chi connectivity index (χ3n) is 2.75. The van der Waals surface area contributed by atoms with Crippen LogP contribution in [0.2, 0.25) is 0 Å². The number of benzene rings is 1. The SMILES string of the molecule is CCOc1cc(C(=O)NCC(=O)NCC(F)(F)F)ccc1OCC(=O)O. The Bertz CT molecular complexity index is 663. The number of carboxylic acids is 1. The summed E-state index contributed by atoms with van der Waals surface area (Å²) in [7, 11) is 0. The summed E-state index contributed by atoms with van der Waals surface area (Å²) in [4.78, 5) is 33.8. The van der Waals surface area contributed by atoms with Crippen LogP contribution in [0.3, 0.4) is 0 Å². The average molecular weight is 378 g/mol. The van der Waals surface area contributed by atoms with Gasteiger partial charge in [-0.3, -0.25) is 9.59 Å². The lowest BCUT2D eigenvalue weighted by molar-refractivity contribution is -0.139. The zero-order valence-electron chi connectivity index (χ0n) is 13.7. The molecule has 0 aliphatic rings. The monoisotopic (exact) mass is 378 g/mol. The Labute approximate surface area is 146 Å². The van der Waals surface area contributed by atoms with Crippen molar-refractivity contribution in [2.45, 2.75) is 13.1 Å². The quantitative estimate of drug-likeness (QED) is 0.590. The van der Waals surface area contributed by atoms with E-state index < -0.39 is 43.7 Å². The highest BCUT2D eigenvalue weighted by Gasteiger charge is 2.27. The fourth-order valence-corrected chi connectivity index (χ4v) is 1.70. The van der Waals surface area contributed by atoms with Crippen molar-refractivity contribution in [3.63, 3.8) is 0 Å². The molecule has 0 aliphatic carbocycles. The molecular formula is C15H17F3N2O6. The van der Waals surface area contributed by atoms with E-state index in [-0.39, 0.29) is 23.7 Å². The molecule has 0 saturated heterocycles. The van der Waals surface area contributed by atoms with E-state index in [0.717, 1.165) is 0 Å². The van der Waals surface area contributed by atoms with Crippen molar-refractivity contribution in [2.24, 2.45) is 0 Å². The van der Waals surface area contributed by atoms with Crippen LogP contribution in [0.25, 0.3) is 0 Å². The highest BCUT2D eigenvalue weighted by molar-refractivity contribution is 5.97. The van der Waals surface area contributed by atoms with E-state index in [0.29, 0.717) is 0 Å². The maximum Gasteiger partial charge on any atom is 0.405 e. The Balaban J connectivity index is 2.69. The maximum absolute atomic E-state index is 12.0. The number of amides is 2. The highest BCUT2D eigenvalue weighted by atomic mass is 19.4. The summed E-state index contributed by atoms with van der Waals surface area (Å²) in [5.74, 6) is -2.70. The first kappa shape index (κ1) is 21.1. The average Bonchev–Trinajstić information content (AvgIpc) is 2.56. The van der Waals surface area contributed by atoms with Crippen molar-refractivity contribution in [3.8, 4) is 11.5 Å². The number of carbonyl (C=O) groups excluding carboxylic acids is 2. The van der Waals surface area contributed by atoms with Gasteiger partial charge in [0.1, 0.15) is 6.54 Å². The number of halogens is 3. The Morgan fingerprint density at radius 1 is 1.12 bits per heavy atom. The Morgan fingerprint density at radius 2 is 1.81 bits per heavy atom. The molecule has 1 aromatic carbocycles. The summed E-state index contributed by atoms with van der Waals surface area (Å²) in [6.45, 7) is -0.861. The lowest BCUT2D eigenvalue weighted by Crippen LogP contribution is -2.40. The summed E-state index contributed by atoms with van der Waals surface area (Å²) in [6, 6.07) is 3.87. The van der Waals surface area contributed by atoms with E-state index in [1.165, 1.54) is 18.2 Å². The van der Waals surface area contributed by atoms with Crippen LogP contribution in [0, 0.1) is 0 Å². The maximum atomic E-state index is 12.0. The standard InChI is InChI=1S/C15H17F3N2O6/c1-2-25-11-5-9(3-4-10(11)26-7-13(22)23)14(24)19-6-12(21)20-8-15(16,17)18/h3-5H,2,6-8H2,1H3,(H,19,24)(H,20,21)(H,22,23). The van der Waals surface area contributed by atoms with Gasteiger partial charge in [-0.05, 0) is 25.1 Å². The third-order valence-corrected chi connectivity index (χ3v) is 2.75. The highest BCUT2D eigenvalue weighted by Crippen LogP contribution is 2.28. The molecule has 0 atom stereocenters. The lowest BCUT2D eigenvalue weighted by Gasteiger charge is -2.13. The molecule has 1 rings (SSSR count). The molecule has 26 heavy (non-hydrogen) atoms. The van der Waals surface area contributed by atoms with Gasteiger partial charge in [0.05, 0.1) is 13.2 Å². The van der Waals surface area contributed by atoms with Crippen LogP contribution in [0.1, 0.15) is 17.3 Å². The summed E-state index contributed by atoms with van der Waals surface area (Å²) in [6.07, 6.45) is -4.54. The summed E-state index contributed by atoms with van der Waals surface area (Å²) in [5.41, 5.74) is 0.0553. The molecular weight excluding hydrogens is 361 g/mol. The van der Waals surface area contributed by atoms with Gasteiger partial charge in [0.2, 0.25) is 5.91 Å². The van der Waals surface area contributed by atoms with Crippen molar-refractivity contribution in [1.29, 1.82) is 0 Å². The van der Waals surface area contributed by atoms with Gasteiger partial charge in [0.25, 0.3) is 5.91 Å². The predicted octanol–water partition coefficient (Wildman–Crippen LogP) is 0.957. The number of aliphatic carboxylic acids is 1. The van der Waals surface area contributed by atoms with Crippen LogP contribution >= 0.6 is 0 Å². The van der Waals surface area contributed by atoms with Crippen LogP contribution in [-0.4, -0.2) is 55.4 Å². The van der Waals surface area contributed by atoms with Crippen molar-refractivity contribution in [2.75, 3.05) is 26.3 Å². The molecule has 0 spiro atoms. The van der Waals surface area contributed by atoms with Crippen LogP contribution in [0.4, 0.5) is 13.2 Å². The molecule has 0 aliphatic heterocycles. The first-order valence-corrected chi connectivity index (χ1v) is 7.35. The van der Waals surface area contributed by atoms with E-state index in [4.69, 9.17) is 14.6 Å². The third kappa shape index (κ3) is 7.73. The molecule has 0 saturated carbocycles. The van der Waals surface area contributed by atoms with Crippen molar-refractivity contribution >= 4 is 17.8 Å². The number of nitrogens with one attached hydrogen (secondary N) is 2. The minimum absolute atomic E-state index is 0.0553. The van der Waals surface area contributed by atoms with Gasteiger partial charge >= 0.3 is 12.1 Å². The minimum atomic E-state index is -4.54. The zero-order valence-corrected chi connectivity index (χ0v) is 13.7. The second-order valence-electron chi connectivity index (χ2n) is 4.85. The van der Waals surface area contributed by atoms with Crippen molar-refractivity contribution in [3.05, 3.63) is 23.8 Å². The van der Waals surface area contributed by atoms with Gasteiger partial charge in [-0.25, -0.2) is 4.79 Å². The van der Waals surface area contributed by atoms with Crippen LogP contribution in [0.15, 0.2) is 18.2 Å². The normalized spacial score (nSPS) is 10.8. The fourth-order valence-electron chi connectivity index (χ4n) is 1.70. The number of carboxylic acid groups (broad SMARTS) is 1. The smallest absolute Gasteiger partial charge is 0.405 e. The minimum Gasteiger partial charge on any atom is -0.490 e. The van der Waals surface area contributed by atoms with E-state index in [9.17, 15) is 27.6 Å². The Hall–Kier alpha value is -2.98. The molecule has 1 aromatic rings. The zero-order chi connectivity index (χ0) is 19.7. The van der Waals surface area contributed by atoms with Gasteiger partial charge in [-0.1, -0.05) is 0 Å². The number of rotatable bonds is 9. The summed E-state index contributed by atoms with van der Waals surface area (Å²) >= 11 is 0. The Morgan fingerprint density at radius 3 is 2.38 bits per heavy atom. The molecule has 144 valence electrons. The molecule has 0 unspecified atom stereocenters. The van der Waals surface area contributed by atoms with E-state index in [1.54, 1.807) is 12.2 Å². The van der Waals surface area contributed by atoms with Gasteiger partial charge < -0.3 is 25.2 Å². The lowest BCUT2D eigenvalue weighted by atomic mass is 10.2. The molecule has 0 heterocycles. The van der Waals surface area contributed by atoms with Gasteiger partial charge in [0.15, 0.2) is 18.1 Å². The van der Waals surface area contributed by atoms with E-state index >= 15 is 0 Å². The van der Waals surface area contributed by atoms with Crippen molar-refractivity contribution < 1.29 is 42.1 Å². The molecule has 3 N–H and O–H groups in total. The first-order valence-electron chi connectivity index (χ1n) is 7.35. The second kappa shape index (κ2) is 9.49. The largest absolute Gasteiger partial charge is 0.490 e. The number of ether oxygens (including phenoxy) is 2. The number of hydrogen-bond donors (Lipinski definition) is 3. The van der Waals surface area contributed by atoms with E-state index in [2.05, 4.69) is 5.32 Å². The topological polar surface area (TPSA) is 114 Å². The molecule has 0 radical (unpaired) electrons. The second-order valence-corrected chi connectivity index (χ2v) is 4.85. The predicted molar refractivity (Wildman–Crippen MR) is 82.1 cm³/mol. The van der Waals surface area contributed by atoms with Crippen LogP contribution in [0.5, 0.6) is 11.5 Å². The molecule has 0 fully saturated rings. The molecule has 8 nitrogen and oxygen atoms in total. The Kier molecular flexibility index (Phi) is 7.69. The van der Waals surface area contributed by atoms with Crippen LogP contribution in [-0.2, 0) is 9.59 Å². The number of hydrogen-bond acceptors (Lipinski definition) is 5. The fraction of sp³-hybridized carbons (Fsp3) is 0.400. The van der Waals surface area contributed by atoms with Gasteiger partial charge in [-0.2, -0.15) is 13.2 Å². The van der Waals surface area contributed by atoms with Crippen molar-refractivity contribution in [1.82, 2.24) is 10.6 Å². The van der Waals surface area contributed by atoms with Crippen LogP contribution < -0.4 is 20.1 Å². The molecule has 0 bridgehead atoms. The summed E-state index contributed by atoms with van der Waals surface area (Å²) < 4.78 is 46.2. The first-order chi connectivity index (χ1) is 12.1.